The minimum atomic E-state index is -0.508. The van der Waals surface area contributed by atoms with Crippen molar-refractivity contribution < 1.29 is 5.11 Å². The van der Waals surface area contributed by atoms with E-state index in [1.165, 1.54) is 6.42 Å². The number of benzene rings is 1. The molecule has 0 amide bonds. The second-order valence-electron chi connectivity index (χ2n) is 5.72. The van der Waals surface area contributed by atoms with Gasteiger partial charge >= 0.3 is 0 Å². The highest BCUT2D eigenvalue weighted by molar-refractivity contribution is 6.31. The van der Waals surface area contributed by atoms with Gasteiger partial charge in [0.25, 0.3) is 0 Å². The fourth-order valence-electron chi connectivity index (χ4n) is 2.38. The Hall–Kier alpha value is -0.730. The van der Waals surface area contributed by atoms with Gasteiger partial charge in [0.15, 0.2) is 0 Å². The van der Waals surface area contributed by atoms with Gasteiger partial charge in [-0.25, -0.2) is 0 Å². The van der Waals surface area contributed by atoms with E-state index in [0.29, 0.717) is 10.4 Å². The van der Waals surface area contributed by atoms with Crippen LogP contribution in [-0.2, 0) is 0 Å². The third-order valence-electron chi connectivity index (χ3n) is 3.48. The molecule has 1 aliphatic rings. The third-order valence-corrected chi connectivity index (χ3v) is 3.80. The predicted molar refractivity (Wildman–Crippen MR) is 72.7 cm³/mol. The second kappa shape index (κ2) is 4.51. The summed E-state index contributed by atoms with van der Waals surface area (Å²) >= 11 is 6.19. The lowest BCUT2D eigenvalue weighted by Gasteiger charge is -2.22. The molecule has 1 aromatic rings. The van der Waals surface area contributed by atoms with Crippen molar-refractivity contribution in [2.24, 2.45) is 5.41 Å². The number of hydrogen-bond donors (Lipinski definition) is 1. The van der Waals surface area contributed by atoms with Crippen molar-refractivity contribution in [1.29, 1.82) is 0 Å². The first-order valence-electron chi connectivity index (χ1n) is 6.11. The summed E-state index contributed by atoms with van der Waals surface area (Å²) < 4.78 is 0. The number of anilines is 1. The van der Waals surface area contributed by atoms with E-state index in [-0.39, 0.29) is 0 Å². The van der Waals surface area contributed by atoms with Crippen LogP contribution < -0.4 is 4.90 Å². The van der Waals surface area contributed by atoms with Gasteiger partial charge in [0, 0.05) is 23.8 Å². The summed E-state index contributed by atoms with van der Waals surface area (Å²) in [5.41, 5.74) is 2.34. The summed E-state index contributed by atoms with van der Waals surface area (Å²) in [7, 11) is 0. The standard InChI is InChI=1S/C14H20ClNO/c1-10(17)12-5-4-11(8-13(12)15)16-7-6-14(2,3)9-16/h4-5,8,10,17H,6-7,9H2,1-3H3. The van der Waals surface area contributed by atoms with Crippen LogP contribution in [0.5, 0.6) is 0 Å². The van der Waals surface area contributed by atoms with Crippen molar-refractivity contribution in [2.75, 3.05) is 18.0 Å². The molecule has 1 aromatic carbocycles. The highest BCUT2D eigenvalue weighted by Gasteiger charge is 2.29. The van der Waals surface area contributed by atoms with E-state index in [9.17, 15) is 5.11 Å². The first-order chi connectivity index (χ1) is 7.89. The molecular formula is C14H20ClNO. The minimum Gasteiger partial charge on any atom is -0.389 e. The Balaban J connectivity index is 2.21. The predicted octanol–water partition coefficient (Wildman–Crippen LogP) is 3.63. The molecule has 1 unspecified atom stereocenters. The molecule has 0 radical (unpaired) electrons. The Morgan fingerprint density at radius 2 is 2.12 bits per heavy atom. The fourth-order valence-corrected chi connectivity index (χ4v) is 2.72. The highest BCUT2D eigenvalue weighted by Crippen LogP contribution is 2.34. The monoisotopic (exact) mass is 253 g/mol. The number of rotatable bonds is 2. The maximum atomic E-state index is 9.55. The third kappa shape index (κ3) is 2.75. The summed E-state index contributed by atoms with van der Waals surface area (Å²) in [6, 6.07) is 5.94. The molecule has 94 valence electrons. The average Bonchev–Trinajstić information content (AvgIpc) is 2.58. The first kappa shape index (κ1) is 12.7. The molecule has 2 rings (SSSR count). The SMILES string of the molecule is CC(O)c1ccc(N2CCC(C)(C)C2)cc1Cl. The van der Waals surface area contributed by atoms with Crippen LogP contribution in [0.4, 0.5) is 5.69 Å². The van der Waals surface area contributed by atoms with Gasteiger partial charge in [0.05, 0.1) is 6.10 Å². The largest absolute Gasteiger partial charge is 0.389 e. The normalized spacial score (nSPS) is 20.6. The number of hydrogen-bond acceptors (Lipinski definition) is 2. The fraction of sp³-hybridized carbons (Fsp3) is 0.571. The first-order valence-corrected chi connectivity index (χ1v) is 6.49. The van der Waals surface area contributed by atoms with Crippen LogP contribution in [0.2, 0.25) is 5.02 Å². The zero-order valence-corrected chi connectivity index (χ0v) is 11.5. The summed E-state index contributed by atoms with van der Waals surface area (Å²) in [6.07, 6.45) is 0.703. The maximum absolute atomic E-state index is 9.55. The van der Waals surface area contributed by atoms with E-state index >= 15 is 0 Å². The van der Waals surface area contributed by atoms with Gasteiger partial charge in [-0.2, -0.15) is 0 Å². The Kier molecular flexibility index (Phi) is 3.37. The van der Waals surface area contributed by atoms with Crippen LogP contribution in [0, 0.1) is 5.41 Å². The molecule has 0 aliphatic carbocycles. The van der Waals surface area contributed by atoms with Crippen LogP contribution in [0.25, 0.3) is 0 Å². The number of nitrogens with zero attached hydrogens (tertiary/aromatic N) is 1. The second-order valence-corrected chi connectivity index (χ2v) is 6.12. The summed E-state index contributed by atoms with van der Waals surface area (Å²) in [5, 5.41) is 10.2. The van der Waals surface area contributed by atoms with Gasteiger partial charge in [-0.05, 0) is 36.5 Å². The zero-order chi connectivity index (χ0) is 12.6. The molecule has 0 saturated carbocycles. The molecule has 1 N–H and O–H groups in total. The Labute approximate surface area is 108 Å². The van der Waals surface area contributed by atoms with Gasteiger partial charge in [-0.15, -0.1) is 0 Å². The Morgan fingerprint density at radius 3 is 2.59 bits per heavy atom. The van der Waals surface area contributed by atoms with Crippen molar-refractivity contribution in [3.05, 3.63) is 28.8 Å². The molecule has 1 aliphatic heterocycles. The van der Waals surface area contributed by atoms with Crippen LogP contribution in [0.1, 0.15) is 38.9 Å². The lowest BCUT2D eigenvalue weighted by atomic mass is 9.93. The molecule has 1 saturated heterocycles. The highest BCUT2D eigenvalue weighted by atomic mass is 35.5. The molecule has 1 atom stereocenters. The quantitative estimate of drug-likeness (QED) is 0.870. The molecule has 17 heavy (non-hydrogen) atoms. The topological polar surface area (TPSA) is 23.5 Å². The zero-order valence-electron chi connectivity index (χ0n) is 10.7. The van der Waals surface area contributed by atoms with E-state index in [1.807, 2.05) is 12.1 Å². The van der Waals surface area contributed by atoms with Crippen molar-refractivity contribution in [2.45, 2.75) is 33.3 Å². The Morgan fingerprint density at radius 1 is 1.41 bits per heavy atom. The molecule has 1 fully saturated rings. The summed E-state index contributed by atoms with van der Waals surface area (Å²) in [4.78, 5) is 2.36. The smallest absolute Gasteiger partial charge is 0.0776 e. The maximum Gasteiger partial charge on any atom is 0.0776 e. The average molecular weight is 254 g/mol. The number of aliphatic hydroxyl groups excluding tert-OH is 1. The minimum absolute atomic E-state index is 0.384. The molecule has 1 heterocycles. The molecule has 2 nitrogen and oxygen atoms in total. The van der Waals surface area contributed by atoms with E-state index in [2.05, 4.69) is 24.8 Å². The molecule has 0 bridgehead atoms. The van der Waals surface area contributed by atoms with Crippen LogP contribution in [0.15, 0.2) is 18.2 Å². The lowest BCUT2D eigenvalue weighted by Crippen LogP contribution is -2.22. The van der Waals surface area contributed by atoms with Crippen molar-refractivity contribution >= 4 is 17.3 Å². The molecule has 3 heteroatoms. The molecule has 0 spiro atoms. The van der Waals surface area contributed by atoms with E-state index in [0.717, 1.165) is 24.3 Å². The summed E-state index contributed by atoms with van der Waals surface area (Å²) in [6.45, 7) is 8.46. The number of aliphatic hydroxyl groups is 1. The Bertz CT molecular complexity index is 415. The van der Waals surface area contributed by atoms with Crippen LogP contribution in [0.3, 0.4) is 0 Å². The van der Waals surface area contributed by atoms with Gasteiger partial charge in [-0.1, -0.05) is 31.5 Å². The van der Waals surface area contributed by atoms with Gasteiger partial charge in [0.2, 0.25) is 0 Å². The number of halogens is 1. The van der Waals surface area contributed by atoms with Crippen molar-refractivity contribution in [3.63, 3.8) is 0 Å². The van der Waals surface area contributed by atoms with Gasteiger partial charge in [0.1, 0.15) is 0 Å². The van der Waals surface area contributed by atoms with E-state index in [1.54, 1.807) is 6.92 Å². The van der Waals surface area contributed by atoms with Crippen molar-refractivity contribution in [1.82, 2.24) is 0 Å². The lowest BCUT2D eigenvalue weighted by molar-refractivity contribution is 0.199. The van der Waals surface area contributed by atoms with Gasteiger partial charge in [-0.3, -0.25) is 0 Å². The van der Waals surface area contributed by atoms with Gasteiger partial charge < -0.3 is 10.0 Å². The van der Waals surface area contributed by atoms with Crippen LogP contribution >= 0.6 is 11.6 Å². The van der Waals surface area contributed by atoms with E-state index < -0.39 is 6.10 Å². The van der Waals surface area contributed by atoms with E-state index in [4.69, 9.17) is 11.6 Å². The molecule has 0 aromatic heterocycles. The van der Waals surface area contributed by atoms with Crippen molar-refractivity contribution in [3.8, 4) is 0 Å². The summed E-state index contributed by atoms with van der Waals surface area (Å²) in [5.74, 6) is 0. The van der Waals surface area contributed by atoms with Crippen LogP contribution in [-0.4, -0.2) is 18.2 Å². The molecular weight excluding hydrogens is 234 g/mol.